The van der Waals surface area contributed by atoms with Crippen LogP contribution in [0.2, 0.25) is 0 Å². The number of rotatable bonds is 4. The molecule has 1 aromatic carbocycles. The van der Waals surface area contributed by atoms with Crippen LogP contribution in [0.4, 0.5) is 0 Å². The van der Waals surface area contributed by atoms with Crippen LogP contribution in [0, 0.1) is 18.3 Å². The highest BCUT2D eigenvalue weighted by atomic mass is 16.1. The van der Waals surface area contributed by atoms with Gasteiger partial charge in [-0.1, -0.05) is 35.9 Å². The number of amides is 1. The fourth-order valence-corrected chi connectivity index (χ4v) is 1.86. The first kappa shape index (κ1) is 14.5. The number of aryl methyl sites for hydroxylation is 1. The van der Waals surface area contributed by atoms with Gasteiger partial charge in [0.05, 0.1) is 0 Å². The average molecular weight is 277 g/mol. The molecule has 0 unspecified atom stereocenters. The maximum Gasteiger partial charge on any atom is 0.262 e. The Hall–Kier alpha value is -2.93. The first-order valence-electron chi connectivity index (χ1n) is 6.54. The van der Waals surface area contributed by atoms with Gasteiger partial charge in [-0.3, -0.25) is 9.78 Å². The van der Waals surface area contributed by atoms with Gasteiger partial charge >= 0.3 is 0 Å². The van der Waals surface area contributed by atoms with Crippen LogP contribution in [0.5, 0.6) is 0 Å². The van der Waals surface area contributed by atoms with Gasteiger partial charge in [-0.05, 0) is 30.2 Å². The van der Waals surface area contributed by atoms with Gasteiger partial charge in [0.15, 0.2) is 0 Å². The fraction of sp³-hybridized carbons (Fsp3) is 0.118. The molecule has 0 radical (unpaired) electrons. The number of hydrogen-bond donors (Lipinski definition) is 1. The Labute approximate surface area is 123 Å². The smallest absolute Gasteiger partial charge is 0.262 e. The number of benzene rings is 1. The van der Waals surface area contributed by atoms with Crippen molar-refractivity contribution in [2.24, 2.45) is 0 Å². The van der Waals surface area contributed by atoms with Gasteiger partial charge < -0.3 is 5.32 Å². The van der Waals surface area contributed by atoms with Gasteiger partial charge in [0.2, 0.25) is 0 Å². The number of nitriles is 1. The summed E-state index contributed by atoms with van der Waals surface area (Å²) in [5.74, 6) is -0.386. The molecule has 0 aliphatic rings. The normalized spacial score (nSPS) is 10.8. The minimum absolute atomic E-state index is 0.0875. The number of nitrogens with one attached hydrogen (secondary N) is 1. The molecule has 0 aliphatic carbocycles. The highest BCUT2D eigenvalue weighted by Crippen LogP contribution is 2.09. The van der Waals surface area contributed by atoms with Crippen LogP contribution >= 0.6 is 0 Å². The van der Waals surface area contributed by atoms with E-state index < -0.39 is 0 Å². The molecule has 4 nitrogen and oxygen atoms in total. The van der Waals surface area contributed by atoms with E-state index >= 15 is 0 Å². The summed E-state index contributed by atoms with van der Waals surface area (Å²) in [7, 11) is 0. The molecule has 0 saturated heterocycles. The Bertz CT molecular complexity index is 699. The number of carbonyl (C=O) groups excluding carboxylic acids is 1. The van der Waals surface area contributed by atoms with E-state index in [1.165, 1.54) is 0 Å². The molecule has 4 heteroatoms. The molecule has 1 aromatic heterocycles. The molecule has 1 amide bonds. The Kier molecular flexibility index (Phi) is 4.84. The molecule has 0 saturated carbocycles. The second-order valence-corrected chi connectivity index (χ2v) is 4.63. The fourth-order valence-electron chi connectivity index (χ4n) is 1.86. The third kappa shape index (κ3) is 4.29. The second kappa shape index (κ2) is 7.01. The second-order valence-electron chi connectivity index (χ2n) is 4.63. The summed E-state index contributed by atoms with van der Waals surface area (Å²) < 4.78 is 0. The summed E-state index contributed by atoms with van der Waals surface area (Å²) in [6.07, 6.45) is 4.94. The minimum Gasteiger partial charge on any atom is -0.347 e. The third-order valence-corrected chi connectivity index (χ3v) is 2.89. The Morgan fingerprint density at radius 1 is 1.38 bits per heavy atom. The van der Waals surface area contributed by atoms with Gasteiger partial charge in [0.25, 0.3) is 5.91 Å². The monoisotopic (exact) mass is 277 g/mol. The lowest BCUT2D eigenvalue weighted by molar-refractivity contribution is -0.117. The van der Waals surface area contributed by atoms with Crippen molar-refractivity contribution < 1.29 is 4.79 Å². The van der Waals surface area contributed by atoms with E-state index in [1.54, 1.807) is 24.5 Å². The predicted octanol–water partition coefficient (Wildman–Crippen LogP) is 2.61. The van der Waals surface area contributed by atoms with Crippen molar-refractivity contribution in [3.8, 4) is 6.07 Å². The topological polar surface area (TPSA) is 65.8 Å². The average Bonchev–Trinajstić information content (AvgIpc) is 2.51. The highest BCUT2D eigenvalue weighted by Gasteiger charge is 2.08. The number of hydrogen-bond acceptors (Lipinski definition) is 3. The zero-order valence-corrected chi connectivity index (χ0v) is 11.7. The molecule has 21 heavy (non-hydrogen) atoms. The van der Waals surface area contributed by atoms with Crippen LogP contribution in [0.25, 0.3) is 6.08 Å². The van der Waals surface area contributed by atoms with E-state index in [0.29, 0.717) is 6.54 Å². The minimum atomic E-state index is -0.386. The van der Waals surface area contributed by atoms with Crippen molar-refractivity contribution in [3.05, 3.63) is 71.1 Å². The van der Waals surface area contributed by atoms with Crippen LogP contribution in [0.3, 0.4) is 0 Å². The van der Waals surface area contributed by atoms with Gasteiger partial charge in [0.1, 0.15) is 11.6 Å². The molecular weight excluding hydrogens is 262 g/mol. The number of nitrogens with zero attached hydrogens (tertiary/aromatic N) is 2. The van der Waals surface area contributed by atoms with Crippen molar-refractivity contribution in [1.29, 1.82) is 5.26 Å². The molecule has 1 N–H and O–H groups in total. The summed E-state index contributed by atoms with van der Waals surface area (Å²) in [6.45, 7) is 2.31. The highest BCUT2D eigenvalue weighted by molar-refractivity contribution is 6.01. The van der Waals surface area contributed by atoms with Crippen LogP contribution in [0.15, 0.2) is 54.4 Å². The molecule has 0 atom stereocenters. The first-order valence-corrected chi connectivity index (χ1v) is 6.54. The van der Waals surface area contributed by atoms with E-state index in [2.05, 4.69) is 10.3 Å². The predicted molar refractivity (Wildman–Crippen MR) is 80.9 cm³/mol. The summed E-state index contributed by atoms with van der Waals surface area (Å²) in [5, 5.41) is 11.8. The van der Waals surface area contributed by atoms with Gasteiger partial charge in [-0.25, -0.2) is 0 Å². The lowest BCUT2D eigenvalue weighted by Crippen LogP contribution is -2.24. The largest absolute Gasteiger partial charge is 0.347 e. The van der Waals surface area contributed by atoms with E-state index in [0.717, 1.165) is 16.7 Å². The SMILES string of the molecule is Cc1cccc(/C=C(\C#N)C(=O)NCc2cccnc2)c1. The molecule has 0 spiro atoms. The van der Waals surface area contributed by atoms with Crippen molar-refractivity contribution in [3.63, 3.8) is 0 Å². The van der Waals surface area contributed by atoms with Crippen LogP contribution in [-0.2, 0) is 11.3 Å². The third-order valence-electron chi connectivity index (χ3n) is 2.89. The standard InChI is InChI=1S/C17H15N3O/c1-13-4-2-5-14(8-13)9-16(10-18)17(21)20-12-15-6-3-7-19-11-15/h2-9,11H,12H2,1H3,(H,20,21)/b16-9+. The maximum atomic E-state index is 12.0. The quantitative estimate of drug-likeness (QED) is 0.690. The van der Waals surface area contributed by atoms with Crippen LogP contribution in [-0.4, -0.2) is 10.9 Å². The van der Waals surface area contributed by atoms with Crippen molar-refractivity contribution in [2.75, 3.05) is 0 Å². The van der Waals surface area contributed by atoms with Gasteiger partial charge in [-0.2, -0.15) is 5.26 Å². The molecule has 1 heterocycles. The molecule has 2 aromatic rings. The molecule has 0 aliphatic heterocycles. The van der Waals surface area contributed by atoms with Crippen LogP contribution in [0.1, 0.15) is 16.7 Å². The summed E-state index contributed by atoms with van der Waals surface area (Å²) in [4.78, 5) is 16.0. The van der Waals surface area contributed by atoms with Crippen molar-refractivity contribution >= 4 is 12.0 Å². The summed E-state index contributed by atoms with van der Waals surface area (Å²) >= 11 is 0. The van der Waals surface area contributed by atoms with E-state index in [-0.39, 0.29) is 11.5 Å². The Morgan fingerprint density at radius 3 is 2.90 bits per heavy atom. The van der Waals surface area contributed by atoms with Gasteiger partial charge in [-0.15, -0.1) is 0 Å². The lowest BCUT2D eigenvalue weighted by Gasteiger charge is -2.04. The molecular formula is C17H15N3O. The van der Waals surface area contributed by atoms with Crippen molar-refractivity contribution in [2.45, 2.75) is 13.5 Å². The van der Waals surface area contributed by atoms with E-state index in [4.69, 9.17) is 5.26 Å². The van der Waals surface area contributed by atoms with Crippen LogP contribution < -0.4 is 5.32 Å². The lowest BCUT2D eigenvalue weighted by atomic mass is 10.1. The molecule has 0 bridgehead atoms. The number of aromatic nitrogens is 1. The Morgan fingerprint density at radius 2 is 2.24 bits per heavy atom. The summed E-state index contributed by atoms with van der Waals surface area (Å²) in [5.41, 5.74) is 2.89. The van der Waals surface area contributed by atoms with Crippen molar-refractivity contribution in [1.82, 2.24) is 10.3 Å². The molecule has 2 rings (SSSR count). The molecule has 0 fully saturated rings. The Balaban J connectivity index is 2.07. The zero-order chi connectivity index (χ0) is 15.1. The number of pyridine rings is 1. The van der Waals surface area contributed by atoms with Gasteiger partial charge in [0, 0.05) is 18.9 Å². The van der Waals surface area contributed by atoms with E-state index in [9.17, 15) is 4.79 Å². The zero-order valence-electron chi connectivity index (χ0n) is 11.7. The van der Waals surface area contributed by atoms with E-state index in [1.807, 2.05) is 43.3 Å². The first-order chi connectivity index (χ1) is 10.2. The summed E-state index contributed by atoms with van der Waals surface area (Å²) in [6, 6.07) is 13.2. The maximum absolute atomic E-state index is 12.0. The molecule has 104 valence electrons. The number of carbonyl (C=O) groups is 1.